The summed E-state index contributed by atoms with van der Waals surface area (Å²) in [7, 11) is 0. The first-order valence-corrected chi connectivity index (χ1v) is 8.70. The molecule has 0 saturated heterocycles. The van der Waals surface area contributed by atoms with Gasteiger partial charge in [-0.1, -0.05) is 30.9 Å². The van der Waals surface area contributed by atoms with Crippen LogP contribution in [-0.2, 0) is 0 Å². The van der Waals surface area contributed by atoms with E-state index in [0.29, 0.717) is 24.9 Å². The Morgan fingerprint density at radius 1 is 1.33 bits per heavy atom. The van der Waals surface area contributed by atoms with Crippen molar-refractivity contribution in [1.82, 2.24) is 15.0 Å². The zero-order chi connectivity index (χ0) is 19.1. The van der Waals surface area contributed by atoms with E-state index in [1.807, 2.05) is 43.4 Å². The third-order valence-corrected chi connectivity index (χ3v) is 3.90. The van der Waals surface area contributed by atoms with Crippen LogP contribution in [-0.4, -0.2) is 28.0 Å². The number of nitrogens with zero attached hydrogens (tertiary/aromatic N) is 2. The summed E-state index contributed by atoms with van der Waals surface area (Å²) >= 11 is 0. The molecule has 2 heterocycles. The zero-order valence-corrected chi connectivity index (χ0v) is 15.3. The van der Waals surface area contributed by atoms with Crippen molar-refractivity contribution in [2.45, 2.75) is 6.92 Å². The second-order valence-corrected chi connectivity index (χ2v) is 5.98. The number of nitrogens with one attached hydrogen (secondary N) is 2. The maximum atomic E-state index is 5.87. The van der Waals surface area contributed by atoms with Crippen molar-refractivity contribution >= 4 is 16.9 Å². The number of hydrogen-bond donors (Lipinski definition) is 3. The first-order chi connectivity index (χ1) is 13.2. The van der Waals surface area contributed by atoms with Crippen LogP contribution < -0.4 is 15.8 Å². The average Bonchev–Trinajstić information content (AvgIpc) is 3.04. The van der Waals surface area contributed by atoms with Gasteiger partial charge in [0.25, 0.3) is 0 Å². The SMILES string of the molecule is C=C/C(=C\C=C/CNc1nccc(Oc2ccc3[nH]c(C)cc3c2)n1)CN. The van der Waals surface area contributed by atoms with Gasteiger partial charge in [-0.15, -0.1) is 0 Å². The second kappa shape index (κ2) is 8.82. The fourth-order valence-electron chi connectivity index (χ4n) is 2.55. The highest BCUT2D eigenvalue weighted by atomic mass is 16.5. The molecule has 2 aromatic heterocycles. The summed E-state index contributed by atoms with van der Waals surface area (Å²) in [6, 6.07) is 9.70. The molecule has 0 atom stereocenters. The van der Waals surface area contributed by atoms with Crippen molar-refractivity contribution in [3.8, 4) is 11.6 Å². The molecule has 3 aromatic rings. The largest absolute Gasteiger partial charge is 0.439 e. The summed E-state index contributed by atoms with van der Waals surface area (Å²) in [6.07, 6.45) is 9.21. The van der Waals surface area contributed by atoms with E-state index in [2.05, 4.69) is 32.9 Å². The fraction of sp³-hybridized carbons (Fsp3) is 0.143. The van der Waals surface area contributed by atoms with Crippen LogP contribution in [0.2, 0.25) is 0 Å². The van der Waals surface area contributed by atoms with Crippen LogP contribution in [0, 0.1) is 6.92 Å². The number of anilines is 1. The topological polar surface area (TPSA) is 88.9 Å². The third kappa shape index (κ3) is 5.05. The van der Waals surface area contributed by atoms with E-state index in [1.54, 1.807) is 18.3 Å². The number of aromatic nitrogens is 3. The minimum Gasteiger partial charge on any atom is -0.439 e. The Hall–Kier alpha value is -3.38. The van der Waals surface area contributed by atoms with Crippen LogP contribution in [0.1, 0.15) is 5.69 Å². The maximum absolute atomic E-state index is 5.87. The molecule has 1 aromatic carbocycles. The lowest BCUT2D eigenvalue weighted by Crippen LogP contribution is -2.03. The minimum atomic E-state index is 0.470. The molecule has 0 aliphatic heterocycles. The van der Waals surface area contributed by atoms with E-state index in [0.717, 1.165) is 27.9 Å². The minimum absolute atomic E-state index is 0.470. The van der Waals surface area contributed by atoms with Gasteiger partial charge >= 0.3 is 0 Å². The predicted molar refractivity (Wildman–Crippen MR) is 110 cm³/mol. The molecule has 4 N–H and O–H groups in total. The number of ether oxygens (including phenoxy) is 1. The Bertz CT molecular complexity index is 987. The molecule has 0 fully saturated rings. The highest BCUT2D eigenvalue weighted by Gasteiger charge is 2.04. The number of rotatable bonds is 8. The molecule has 0 aliphatic rings. The number of fused-ring (bicyclic) bond motifs is 1. The van der Waals surface area contributed by atoms with Crippen LogP contribution in [0.25, 0.3) is 10.9 Å². The van der Waals surface area contributed by atoms with Crippen LogP contribution in [0.5, 0.6) is 11.6 Å². The number of benzene rings is 1. The molecular weight excluding hydrogens is 338 g/mol. The highest BCUT2D eigenvalue weighted by Crippen LogP contribution is 2.25. The predicted octanol–water partition coefficient (Wildman–Crippen LogP) is 4.10. The second-order valence-electron chi connectivity index (χ2n) is 5.98. The fourth-order valence-corrected chi connectivity index (χ4v) is 2.55. The lowest BCUT2D eigenvalue weighted by atomic mass is 10.2. The van der Waals surface area contributed by atoms with E-state index < -0.39 is 0 Å². The van der Waals surface area contributed by atoms with Gasteiger partial charge in [-0.2, -0.15) is 4.98 Å². The van der Waals surface area contributed by atoms with Gasteiger partial charge in [0, 0.05) is 41.9 Å². The van der Waals surface area contributed by atoms with Crippen LogP contribution in [0.4, 0.5) is 5.95 Å². The summed E-state index contributed by atoms with van der Waals surface area (Å²) in [5.74, 6) is 1.72. The van der Waals surface area contributed by atoms with E-state index in [4.69, 9.17) is 10.5 Å². The summed E-state index contributed by atoms with van der Waals surface area (Å²) in [5, 5.41) is 4.24. The van der Waals surface area contributed by atoms with Gasteiger partial charge < -0.3 is 20.8 Å². The number of allylic oxidation sites excluding steroid dienone is 2. The summed E-state index contributed by atoms with van der Waals surface area (Å²) in [5.41, 5.74) is 8.75. The molecule has 0 spiro atoms. The van der Waals surface area contributed by atoms with Crippen molar-refractivity contribution in [1.29, 1.82) is 0 Å². The van der Waals surface area contributed by atoms with Crippen molar-refractivity contribution in [2.75, 3.05) is 18.4 Å². The van der Waals surface area contributed by atoms with Gasteiger partial charge in [-0.3, -0.25) is 0 Å². The molecule has 0 saturated carbocycles. The number of hydrogen-bond acceptors (Lipinski definition) is 5. The number of aryl methyl sites for hydroxylation is 1. The molecular formula is C21H23N5O. The van der Waals surface area contributed by atoms with Gasteiger partial charge in [0.1, 0.15) is 5.75 Å². The molecule has 0 amide bonds. The van der Waals surface area contributed by atoms with Crippen molar-refractivity contribution in [2.24, 2.45) is 5.73 Å². The van der Waals surface area contributed by atoms with E-state index >= 15 is 0 Å². The lowest BCUT2D eigenvalue weighted by Gasteiger charge is -2.06. The third-order valence-electron chi connectivity index (χ3n) is 3.90. The van der Waals surface area contributed by atoms with E-state index in [-0.39, 0.29) is 0 Å². The van der Waals surface area contributed by atoms with Gasteiger partial charge in [-0.05, 0) is 36.8 Å². The van der Waals surface area contributed by atoms with Crippen molar-refractivity contribution in [3.63, 3.8) is 0 Å². The molecule has 6 heteroatoms. The first-order valence-electron chi connectivity index (χ1n) is 8.70. The lowest BCUT2D eigenvalue weighted by molar-refractivity contribution is 0.463. The quantitative estimate of drug-likeness (QED) is 0.526. The monoisotopic (exact) mass is 361 g/mol. The highest BCUT2D eigenvalue weighted by molar-refractivity contribution is 5.81. The van der Waals surface area contributed by atoms with Gasteiger partial charge in [-0.25, -0.2) is 4.98 Å². The van der Waals surface area contributed by atoms with Gasteiger partial charge in [0.15, 0.2) is 0 Å². The Labute approximate surface area is 158 Å². The maximum Gasteiger partial charge on any atom is 0.226 e. The first kappa shape index (κ1) is 18.4. The van der Waals surface area contributed by atoms with Crippen LogP contribution >= 0.6 is 0 Å². The van der Waals surface area contributed by atoms with E-state index in [9.17, 15) is 0 Å². The molecule has 6 nitrogen and oxygen atoms in total. The van der Waals surface area contributed by atoms with E-state index in [1.165, 1.54) is 0 Å². The molecule has 0 unspecified atom stereocenters. The van der Waals surface area contributed by atoms with Gasteiger partial charge in [0.05, 0.1) is 0 Å². The van der Waals surface area contributed by atoms with Crippen LogP contribution in [0.3, 0.4) is 0 Å². The standard InChI is InChI=1S/C21H23N5O/c1-3-16(14-22)6-4-5-10-23-21-24-11-9-20(26-21)27-18-7-8-19-17(13-18)12-15(2)25-19/h3-9,11-13,25H,1,10,14,22H2,2H3,(H,23,24,26)/b5-4-,16-6+. The molecule has 27 heavy (non-hydrogen) atoms. The number of aromatic amines is 1. The average molecular weight is 361 g/mol. The number of H-pyrrole nitrogens is 1. The molecule has 0 aliphatic carbocycles. The van der Waals surface area contributed by atoms with Crippen LogP contribution in [0.15, 0.2) is 73.0 Å². The Balaban J connectivity index is 1.61. The Kier molecular flexibility index (Phi) is 6.02. The zero-order valence-electron chi connectivity index (χ0n) is 15.3. The Morgan fingerprint density at radius 2 is 2.22 bits per heavy atom. The summed E-state index contributed by atoms with van der Waals surface area (Å²) < 4.78 is 5.87. The molecule has 0 radical (unpaired) electrons. The van der Waals surface area contributed by atoms with Crippen molar-refractivity contribution in [3.05, 3.63) is 78.7 Å². The van der Waals surface area contributed by atoms with Crippen molar-refractivity contribution < 1.29 is 4.74 Å². The summed E-state index contributed by atoms with van der Waals surface area (Å²) in [4.78, 5) is 11.9. The molecule has 3 rings (SSSR count). The Morgan fingerprint density at radius 3 is 3.04 bits per heavy atom. The molecule has 138 valence electrons. The number of nitrogens with two attached hydrogens (primary N) is 1. The normalized spacial score (nSPS) is 11.9. The van der Waals surface area contributed by atoms with Gasteiger partial charge in [0.2, 0.25) is 11.8 Å². The smallest absolute Gasteiger partial charge is 0.226 e. The molecule has 0 bridgehead atoms. The summed E-state index contributed by atoms with van der Waals surface area (Å²) in [6.45, 7) is 6.79.